The highest BCUT2D eigenvalue weighted by Gasteiger charge is 2.09. The number of nitrogens with two attached hydrogens (primary N) is 1. The Hall–Kier alpha value is -1.68. The molecule has 0 aromatic heterocycles. The van der Waals surface area contributed by atoms with E-state index in [1.54, 1.807) is 7.11 Å². The highest BCUT2D eigenvalue weighted by atomic mass is 79.9. The van der Waals surface area contributed by atoms with Gasteiger partial charge in [-0.15, -0.1) is 0 Å². The van der Waals surface area contributed by atoms with Crippen molar-refractivity contribution >= 4 is 21.6 Å². The van der Waals surface area contributed by atoms with E-state index in [9.17, 15) is 0 Å². The summed E-state index contributed by atoms with van der Waals surface area (Å²) < 4.78 is 11.8. The Morgan fingerprint density at radius 1 is 1.14 bits per heavy atom. The van der Waals surface area contributed by atoms with Crippen LogP contribution in [-0.4, -0.2) is 13.2 Å². The third kappa shape index (κ3) is 4.14. The summed E-state index contributed by atoms with van der Waals surface area (Å²) in [4.78, 5) is 0. The molecule has 0 saturated carbocycles. The number of benzene rings is 2. The van der Waals surface area contributed by atoms with Crippen LogP contribution in [0.1, 0.15) is 25.0 Å². The number of methoxy groups -OCH3 is 1. The minimum absolute atomic E-state index is 0.119. The molecule has 0 saturated heterocycles. The Bertz CT molecular complexity index is 609. The van der Waals surface area contributed by atoms with Gasteiger partial charge in [0, 0.05) is 11.8 Å². The van der Waals surface area contributed by atoms with Crippen molar-refractivity contribution in [1.29, 1.82) is 0 Å². The summed E-state index contributed by atoms with van der Waals surface area (Å²) in [6.07, 6.45) is 0.893. The summed E-state index contributed by atoms with van der Waals surface area (Å²) >= 11 is 3.55. The molecule has 2 aromatic rings. The summed E-state index contributed by atoms with van der Waals surface area (Å²) in [7, 11) is 1.66. The lowest BCUT2D eigenvalue weighted by atomic mass is 10.0. The van der Waals surface area contributed by atoms with E-state index in [0.29, 0.717) is 0 Å². The average Bonchev–Trinajstić information content (AvgIpc) is 2.44. The largest absolute Gasteiger partial charge is 0.497 e. The van der Waals surface area contributed by atoms with Crippen LogP contribution in [0.4, 0.5) is 5.69 Å². The van der Waals surface area contributed by atoms with E-state index in [4.69, 9.17) is 15.2 Å². The Morgan fingerprint density at radius 3 is 2.38 bits per heavy atom. The molecule has 0 fully saturated rings. The normalized spacial score (nSPS) is 10.7. The molecule has 0 aliphatic heterocycles. The average molecular weight is 350 g/mol. The number of rotatable bonds is 5. The minimum atomic E-state index is 0.119. The smallest absolute Gasteiger partial charge is 0.135 e. The van der Waals surface area contributed by atoms with Gasteiger partial charge in [0.15, 0.2) is 0 Å². The predicted molar refractivity (Wildman–Crippen MR) is 90.1 cm³/mol. The molecule has 0 bridgehead atoms. The molecule has 2 rings (SSSR count). The van der Waals surface area contributed by atoms with Gasteiger partial charge in [0.2, 0.25) is 0 Å². The van der Waals surface area contributed by atoms with Crippen LogP contribution in [0.15, 0.2) is 40.9 Å². The number of ether oxygens (including phenoxy) is 2. The molecule has 0 spiro atoms. The quantitative estimate of drug-likeness (QED) is 0.812. The highest BCUT2D eigenvalue weighted by Crippen LogP contribution is 2.32. The van der Waals surface area contributed by atoms with Crippen LogP contribution in [0, 0.1) is 0 Å². The second-order valence-corrected chi connectivity index (χ2v) is 6.03. The van der Waals surface area contributed by atoms with Crippen molar-refractivity contribution < 1.29 is 9.47 Å². The topological polar surface area (TPSA) is 44.5 Å². The van der Waals surface area contributed by atoms with Gasteiger partial charge in [-0.1, -0.05) is 12.1 Å². The zero-order valence-corrected chi connectivity index (χ0v) is 14.1. The fourth-order valence-electron chi connectivity index (χ4n) is 2.07. The number of hydrogen-bond donors (Lipinski definition) is 1. The summed E-state index contributed by atoms with van der Waals surface area (Å²) in [6, 6.07) is 11.9. The molecule has 4 heteroatoms. The van der Waals surface area contributed by atoms with Gasteiger partial charge in [-0.3, -0.25) is 0 Å². The SMILES string of the molecule is COc1ccc(Cc2cc(Br)c(OC(C)C)cc2N)cc1. The fraction of sp³-hybridized carbons (Fsp3) is 0.294. The molecule has 0 heterocycles. The van der Waals surface area contributed by atoms with E-state index < -0.39 is 0 Å². The van der Waals surface area contributed by atoms with Gasteiger partial charge in [-0.05, 0) is 65.5 Å². The van der Waals surface area contributed by atoms with E-state index in [-0.39, 0.29) is 6.10 Å². The first-order valence-electron chi connectivity index (χ1n) is 6.87. The van der Waals surface area contributed by atoms with Crippen LogP contribution in [0.5, 0.6) is 11.5 Å². The monoisotopic (exact) mass is 349 g/mol. The molecule has 0 amide bonds. The number of halogens is 1. The molecule has 0 unspecified atom stereocenters. The van der Waals surface area contributed by atoms with Gasteiger partial charge < -0.3 is 15.2 Å². The first-order chi connectivity index (χ1) is 9.99. The maximum absolute atomic E-state index is 6.14. The fourth-order valence-corrected chi connectivity index (χ4v) is 2.56. The minimum Gasteiger partial charge on any atom is -0.497 e. The molecule has 112 valence electrons. The molecule has 0 aliphatic rings. The van der Waals surface area contributed by atoms with Gasteiger partial charge in [0.05, 0.1) is 17.7 Å². The highest BCUT2D eigenvalue weighted by molar-refractivity contribution is 9.10. The zero-order chi connectivity index (χ0) is 15.4. The molecule has 0 atom stereocenters. The number of anilines is 1. The molecular formula is C17H20BrNO2. The van der Waals surface area contributed by atoms with Crippen LogP contribution >= 0.6 is 15.9 Å². The maximum Gasteiger partial charge on any atom is 0.135 e. The summed E-state index contributed by atoms with van der Waals surface area (Å²) in [5, 5.41) is 0. The van der Waals surface area contributed by atoms with Crippen molar-refractivity contribution in [3.05, 3.63) is 52.0 Å². The van der Waals surface area contributed by atoms with Crippen LogP contribution in [0.2, 0.25) is 0 Å². The van der Waals surface area contributed by atoms with E-state index in [1.165, 1.54) is 5.56 Å². The molecular weight excluding hydrogens is 330 g/mol. The molecule has 0 radical (unpaired) electrons. The lowest BCUT2D eigenvalue weighted by molar-refractivity contribution is 0.241. The second-order valence-electron chi connectivity index (χ2n) is 5.17. The van der Waals surface area contributed by atoms with E-state index in [0.717, 1.165) is 33.6 Å². The molecule has 2 N–H and O–H groups in total. The van der Waals surface area contributed by atoms with Crippen LogP contribution < -0.4 is 15.2 Å². The van der Waals surface area contributed by atoms with Crippen LogP contribution in [-0.2, 0) is 6.42 Å². The third-order valence-corrected chi connectivity index (χ3v) is 3.73. The molecule has 2 aromatic carbocycles. The Morgan fingerprint density at radius 2 is 1.81 bits per heavy atom. The van der Waals surface area contributed by atoms with Gasteiger partial charge >= 0.3 is 0 Å². The van der Waals surface area contributed by atoms with Crippen molar-refractivity contribution in [2.75, 3.05) is 12.8 Å². The summed E-state index contributed by atoms with van der Waals surface area (Å²) in [5.41, 5.74) is 9.14. The van der Waals surface area contributed by atoms with E-state index in [2.05, 4.69) is 15.9 Å². The molecule has 3 nitrogen and oxygen atoms in total. The first kappa shape index (κ1) is 15.7. The van der Waals surface area contributed by atoms with Crippen molar-refractivity contribution in [2.24, 2.45) is 0 Å². The Balaban J connectivity index is 2.21. The maximum atomic E-state index is 6.14. The molecule has 21 heavy (non-hydrogen) atoms. The lowest BCUT2D eigenvalue weighted by Gasteiger charge is -2.15. The first-order valence-corrected chi connectivity index (χ1v) is 7.66. The van der Waals surface area contributed by atoms with Crippen LogP contribution in [0.25, 0.3) is 0 Å². The van der Waals surface area contributed by atoms with E-state index in [1.807, 2.05) is 50.2 Å². The number of nitrogen functional groups attached to an aromatic ring is 1. The lowest BCUT2D eigenvalue weighted by Crippen LogP contribution is -2.07. The van der Waals surface area contributed by atoms with E-state index >= 15 is 0 Å². The van der Waals surface area contributed by atoms with Crippen molar-refractivity contribution in [3.63, 3.8) is 0 Å². The number of hydrogen-bond acceptors (Lipinski definition) is 3. The summed E-state index contributed by atoms with van der Waals surface area (Å²) in [6.45, 7) is 3.99. The molecule has 0 aliphatic carbocycles. The zero-order valence-electron chi connectivity index (χ0n) is 12.5. The summed E-state index contributed by atoms with van der Waals surface area (Å²) in [5.74, 6) is 1.63. The standard InChI is InChI=1S/C17H20BrNO2/c1-11(2)21-17-10-16(19)13(9-15(17)18)8-12-4-6-14(20-3)7-5-12/h4-7,9-11H,8,19H2,1-3H3. The second kappa shape index (κ2) is 6.85. The van der Waals surface area contributed by atoms with Crippen molar-refractivity contribution in [3.8, 4) is 11.5 Å². The van der Waals surface area contributed by atoms with Crippen molar-refractivity contribution in [1.82, 2.24) is 0 Å². The third-order valence-electron chi connectivity index (χ3n) is 3.11. The van der Waals surface area contributed by atoms with Gasteiger partial charge in [0.1, 0.15) is 11.5 Å². The van der Waals surface area contributed by atoms with Crippen molar-refractivity contribution in [2.45, 2.75) is 26.4 Å². The van der Waals surface area contributed by atoms with Gasteiger partial charge in [-0.25, -0.2) is 0 Å². The van der Waals surface area contributed by atoms with Crippen LogP contribution in [0.3, 0.4) is 0 Å². The Kier molecular flexibility index (Phi) is 5.12. The van der Waals surface area contributed by atoms with Gasteiger partial charge in [-0.2, -0.15) is 0 Å². The predicted octanol–water partition coefficient (Wildman–Crippen LogP) is 4.42. The van der Waals surface area contributed by atoms with Gasteiger partial charge in [0.25, 0.3) is 0 Å². The Labute approximate surface area is 134 Å².